The molecule has 0 saturated carbocycles. The van der Waals surface area contributed by atoms with Crippen LogP contribution in [-0.4, -0.2) is 15.7 Å². The molecule has 0 aliphatic carbocycles. The van der Waals surface area contributed by atoms with Crippen molar-refractivity contribution >= 4 is 22.6 Å². The van der Waals surface area contributed by atoms with Crippen LogP contribution in [0.4, 0.5) is 13.2 Å². The predicted octanol–water partition coefficient (Wildman–Crippen LogP) is 2.36. The van der Waals surface area contributed by atoms with Gasteiger partial charge in [0.15, 0.2) is 0 Å². The molecule has 0 unspecified atom stereocenters. The molecule has 6 heteroatoms. The number of rotatable bonds is 1. The Hall–Kier alpha value is -0.270. The van der Waals surface area contributed by atoms with E-state index < -0.39 is 12.7 Å². The first-order valence-electron chi connectivity index (χ1n) is 3.14. The number of alkyl halides is 3. The first-order valence-corrected chi connectivity index (χ1v) is 4.22. The number of aryl methyl sites for hydroxylation is 1. The quantitative estimate of drug-likeness (QED) is 0.726. The van der Waals surface area contributed by atoms with Crippen LogP contribution in [0.1, 0.15) is 5.82 Å². The van der Waals surface area contributed by atoms with E-state index in [9.17, 15) is 13.2 Å². The van der Waals surface area contributed by atoms with E-state index in [0.717, 1.165) is 4.57 Å². The first-order chi connectivity index (χ1) is 5.38. The third kappa shape index (κ3) is 2.65. The highest BCUT2D eigenvalue weighted by atomic mass is 127. The Balaban J connectivity index is 2.82. The second-order valence-electron chi connectivity index (χ2n) is 2.35. The van der Waals surface area contributed by atoms with Gasteiger partial charge in [-0.2, -0.15) is 13.2 Å². The van der Waals surface area contributed by atoms with Gasteiger partial charge in [0, 0.05) is 6.20 Å². The minimum Gasteiger partial charge on any atom is -0.325 e. The summed E-state index contributed by atoms with van der Waals surface area (Å²) in [6, 6.07) is 0. The Morgan fingerprint density at radius 1 is 1.58 bits per heavy atom. The summed E-state index contributed by atoms with van der Waals surface area (Å²) in [6.45, 7) is 0.586. The zero-order valence-corrected chi connectivity index (χ0v) is 8.35. The monoisotopic (exact) mass is 290 g/mol. The molecule has 1 heterocycles. The van der Waals surface area contributed by atoms with Crippen molar-refractivity contribution in [3.05, 3.63) is 15.7 Å². The van der Waals surface area contributed by atoms with Crippen LogP contribution in [0.5, 0.6) is 0 Å². The fourth-order valence-electron chi connectivity index (χ4n) is 0.823. The number of hydrogen-bond acceptors (Lipinski definition) is 1. The van der Waals surface area contributed by atoms with Crippen molar-refractivity contribution in [1.29, 1.82) is 0 Å². The molecule has 0 fully saturated rings. The maximum absolute atomic E-state index is 11.9. The first kappa shape index (κ1) is 9.82. The smallest absolute Gasteiger partial charge is 0.325 e. The molecule has 68 valence electrons. The molecule has 0 radical (unpaired) electrons. The maximum atomic E-state index is 11.9. The second kappa shape index (κ2) is 3.23. The zero-order valence-electron chi connectivity index (χ0n) is 6.19. The van der Waals surface area contributed by atoms with Crippen LogP contribution < -0.4 is 0 Å². The van der Waals surface area contributed by atoms with Gasteiger partial charge in [-0.1, -0.05) is 0 Å². The summed E-state index contributed by atoms with van der Waals surface area (Å²) in [5.41, 5.74) is 0. The van der Waals surface area contributed by atoms with Gasteiger partial charge in [0.1, 0.15) is 16.1 Å². The number of aromatic nitrogens is 2. The van der Waals surface area contributed by atoms with Crippen LogP contribution in [0.25, 0.3) is 0 Å². The van der Waals surface area contributed by atoms with Crippen molar-refractivity contribution in [3.8, 4) is 0 Å². The third-order valence-corrected chi connectivity index (χ3v) is 1.82. The van der Waals surface area contributed by atoms with E-state index in [4.69, 9.17) is 0 Å². The molecule has 1 rings (SSSR count). The normalized spacial score (nSPS) is 12.1. The van der Waals surface area contributed by atoms with Gasteiger partial charge in [-0.25, -0.2) is 4.98 Å². The summed E-state index contributed by atoms with van der Waals surface area (Å²) < 4.78 is 37.3. The van der Waals surface area contributed by atoms with Gasteiger partial charge in [0.2, 0.25) is 0 Å². The lowest BCUT2D eigenvalue weighted by Gasteiger charge is -2.07. The number of imidazole rings is 1. The molecule has 0 atom stereocenters. The van der Waals surface area contributed by atoms with Crippen LogP contribution >= 0.6 is 22.6 Å². The largest absolute Gasteiger partial charge is 0.406 e. The summed E-state index contributed by atoms with van der Waals surface area (Å²) in [5, 5.41) is 0. The molecule has 1 aromatic rings. The second-order valence-corrected chi connectivity index (χ2v) is 3.46. The summed E-state index contributed by atoms with van der Waals surface area (Å²) in [7, 11) is 0. The van der Waals surface area contributed by atoms with Crippen LogP contribution in [0.15, 0.2) is 6.20 Å². The predicted molar refractivity (Wildman–Crippen MR) is 45.7 cm³/mol. The lowest BCUT2D eigenvalue weighted by atomic mass is 10.6. The Kier molecular flexibility index (Phi) is 2.64. The van der Waals surface area contributed by atoms with Crippen molar-refractivity contribution in [3.63, 3.8) is 0 Å². The van der Waals surface area contributed by atoms with E-state index in [1.54, 1.807) is 6.92 Å². The molecule has 2 nitrogen and oxygen atoms in total. The van der Waals surface area contributed by atoms with Gasteiger partial charge in [-0.05, 0) is 29.5 Å². The summed E-state index contributed by atoms with van der Waals surface area (Å²) in [6.07, 6.45) is -2.79. The highest BCUT2D eigenvalue weighted by molar-refractivity contribution is 14.1. The Bertz CT molecular complexity index is 279. The molecule has 1 aromatic heterocycles. The number of hydrogen-bond donors (Lipinski definition) is 0. The fourth-order valence-corrected chi connectivity index (χ4v) is 1.51. The Morgan fingerprint density at radius 2 is 2.17 bits per heavy atom. The number of halogens is 4. The molecule has 0 amide bonds. The molecular weight excluding hydrogens is 284 g/mol. The van der Waals surface area contributed by atoms with Gasteiger partial charge in [0.05, 0.1) is 0 Å². The average Bonchev–Trinajstić information content (AvgIpc) is 2.06. The SMILES string of the molecule is Cc1nc(I)cn1CC(F)(F)F. The summed E-state index contributed by atoms with van der Waals surface area (Å²) in [5.74, 6) is 0.386. The van der Waals surface area contributed by atoms with Gasteiger partial charge in [-0.3, -0.25) is 0 Å². The topological polar surface area (TPSA) is 17.8 Å². The Labute approximate surface area is 80.9 Å². The van der Waals surface area contributed by atoms with Crippen molar-refractivity contribution < 1.29 is 13.2 Å². The van der Waals surface area contributed by atoms with E-state index in [1.807, 2.05) is 22.6 Å². The molecule has 0 spiro atoms. The fraction of sp³-hybridized carbons (Fsp3) is 0.500. The van der Waals surface area contributed by atoms with Crippen molar-refractivity contribution in [2.45, 2.75) is 19.6 Å². The van der Waals surface area contributed by atoms with E-state index in [0.29, 0.717) is 9.53 Å². The molecule has 0 bridgehead atoms. The van der Waals surface area contributed by atoms with Crippen molar-refractivity contribution in [1.82, 2.24) is 9.55 Å². The zero-order chi connectivity index (χ0) is 9.35. The van der Waals surface area contributed by atoms with Crippen LogP contribution in [0.2, 0.25) is 0 Å². The Morgan fingerprint density at radius 3 is 2.50 bits per heavy atom. The standard InChI is InChI=1S/C6H6F3IN2/c1-4-11-5(10)2-12(4)3-6(7,8)9/h2H,3H2,1H3. The van der Waals surface area contributed by atoms with E-state index in [1.165, 1.54) is 6.20 Å². The average molecular weight is 290 g/mol. The van der Waals surface area contributed by atoms with Crippen LogP contribution in [0.3, 0.4) is 0 Å². The number of nitrogens with zero attached hydrogens (tertiary/aromatic N) is 2. The van der Waals surface area contributed by atoms with Gasteiger partial charge in [0.25, 0.3) is 0 Å². The molecule has 0 saturated heterocycles. The third-order valence-electron chi connectivity index (χ3n) is 1.30. The van der Waals surface area contributed by atoms with Gasteiger partial charge in [-0.15, -0.1) is 0 Å². The van der Waals surface area contributed by atoms with Gasteiger partial charge < -0.3 is 4.57 Å². The molecule has 0 aromatic carbocycles. The van der Waals surface area contributed by atoms with E-state index in [2.05, 4.69) is 4.98 Å². The lowest BCUT2D eigenvalue weighted by Crippen LogP contribution is -2.17. The highest BCUT2D eigenvalue weighted by Gasteiger charge is 2.28. The van der Waals surface area contributed by atoms with Crippen LogP contribution in [-0.2, 0) is 6.54 Å². The molecule has 0 N–H and O–H groups in total. The van der Waals surface area contributed by atoms with Gasteiger partial charge >= 0.3 is 6.18 Å². The molecule has 0 aliphatic rings. The minimum absolute atomic E-state index is 0.386. The summed E-state index contributed by atoms with van der Waals surface area (Å²) >= 11 is 1.88. The van der Waals surface area contributed by atoms with E-state index >= 15 is 0 Å². The lowest BCUT2D eigenvalue weighted by molar-refractivity contribution is -0.140. The molecule has 0 aliphatic heterocycles. The highest BCUT2D eigenvalue weighted by Crippen LogP contribution is 2.18. The van der Waals surface area contributed by atoms with Crippen molar-refractivity contribution in [2.24, 2.45) is 0 Å². The van der Waals surface area contributed by atoms with Crippen LogP contribution in [0, 0.1) is 10.6 Å². The van der Waals surface area contributed by atoms with E-state index in [-0.39, 0.29) is 0 Å². The maximum Gasteiger partial charge on any atom is 0.406 e. The summed E-state index contributed by atoms with van der Waals surface area (Å²) in [4.78, 5) is 3.84. The minimum atomic E-state index is -4.17. The van der Waals surface area contributed by atoms with Crippen molar-refractivity contribution in [2.75, 3.05) is 0 Å². The molecular formula is C6H6F3IN2. The molecule has 12 heavy (non-hydrogen) atoms.